The van der Waals surface area contributed by atoms with E-state index in [1.165, 1.54) is 25.7 Å². The Hall–Kier alpha value is -2.34. The summed E-state index contributed by atoms with van der Waals surface area (Å²) in [6.45, 7) is 2.88. The number of aromatic nitrogens is 2. The molecule has 1 N–H and O–H groups in total. The Morgan fingerprint density at radius 1 is 1.07 bits per heavy atom. The van der Waals surface area contributed by atoms with Gasteiger partial charge in [-0.1, -0.05) is 30.5 Å². The van der Waals surface area contributed by atoms with Crippen molar-refractivity contribution in [3.8, 4) is 0 Å². The molecule has 0 atom stereocenters. The summed E-state index contributed by atoms with van der Waals surface area (Å²) in [6.07, 6.45) is 8.15. The first kappa shape index (κ1) is 18.0. The van der Waals surface area contributed by atoms with Crippen molar-refractivity contribution in [1.82, 2.24) is 14.9 Å². The van der Waals surface area contributed by atoms with Crippen LogP contribution >= 0.6 is 11.6 Å². The Morgan fingerprint density at radius 2 is 1.85 bits per heavy atom. The van der Waals surface area contributed by atoms with Crippen LogP contribution in [-0.2, 0) is 0 Å². The number of carbonyl (C=O) groups is 1. The van der Waals surface area contributed by atoms with Crippen LogP contribution < -0.4 is 10.2 Å². The van der Waals surface area contributed by atoms with Crippen LogP contribution in [0.3, 0.4) is 0 Å². The quantitative estimate of drug-likeness (QED) is 0.873. The second-order valence-corrected chi connectivity index (χ2v) is 7.61. The number of benzene rings is 1. The normalized spacial score (nSPS) is 18.0. The fourth-order valence-electron chi connectivity index (χ4n) is 3.79. The Bertz CT molecular complexity index is 783. The van der Waals surface area contributed by atoms with Gasteiger partial charge in [0.1, 0.15) is 11.5 Å². The molecule has 2 fully saturated rings. The van der Waals surface area contributed by atoms with Crippen molar-refractivity contribution in [2.24, 2.45) is 0 Å². The topological polar surface area (TPSA) is 61.4 Å². The van der Waals surface area contributed by atoms with E-state index in [4.69, 9.17) is 11.6 Å². The number of nitrogens with zero attached hydrogens (tertiary/aromatic N) is 4. The number of halogens is 1. The molecule has 1 aliphatic carbocycles. The minimum Gasteiger partial charge on any atom is -0.368 e. The summed E-state index contributed by atoms with van der Waals surface area (Å²) in [5.74, 6) is 0.699. The second-order valence-electron chi connectivity index (χ2n) is 7.17. The second kappa shape index (κ2) is 8.13. The summed E-state index contributed by atoms with van der Waals surface area (Å²) in [5.41, 5.74) is 1.50. The molecule has 1 saturated heterocycles. The Labute approximate surface area is 164 Å². The van der Waals surface area contributed by atoms with E-state index >= 15 is 0 Å². The van der Waals surface area contributed by atoms with Gasteiger partial charge in [0, 0.05) is 42.9 Å². The van der Waals surface area contributed by atoms with Crippen LogP contribution in [0.5, 0.6) is 0 Å². The van der Waals surface area contributed by atoms with Crippen LogP contribution in [0.1, 0.15) is 36.2 Å². The smallest absolute Gasteiger partial charge is 0.274 e. The molecule has 27 heavy (non-hydrogen) atoms. The minimum atomic E-state index is -0.0549. The van der Waals surface area contributed by atoms with Gasteiger partial charge in [-0.25, -0.2) is 9.97 Å². The lowest BCUT2D eigenvalue weighted by Gasteiger charge is -2.36. The van der Waals surface area contributed by atoms with E-state index in [0.29, 0.717) is 24.8 Å². The highest BCUT2D eigenvalue weighted by atomic mass is 35.5. The zero-order valence-corrected chi connectivity index (χ0v) is 16.0. The van der Waals surface area contributed by atoms with E-state index < -0.39 is 0 Å². The third kappa shape index (κ3) is 4.33. The number of nitrogens with one attached hydrogen (secondary N) is 1. The molecule has 4 rings (SSSR count). The maximum absolute atomic E-state index is 12.7. The molecule has 0 bridgehead atoms. The maximum Gasteiger partial charge on any atom is 0.274 e. The number of rotatable bonds is 4. The van der Waals surface area contributed by atoms with Crippen molar-refractivity contribution >= 4 is 29.0 Å². The van der Waals surface area contributed by atoms with Crippen LogP contribution in [0.2, 0.25) is 5.02 Å². The zero-order chi connectivity index (χ0) is 18.6. The minimum absolute atomic E-state index is 0.0549. The third-order valence-corrected chi connectivity index (χ3v) is 5.55. The van der Waals surface area contributed by atoms with E-state index in [1.54, 1.807) is 12.4 Å². The molecule has 2 aromatic rings. The van der Waals surface area contributed by atoms with Crippen LogP contribution in [0.15, 0.2) is 36.7 Å². The van der Waals surface area contributed by atoms with E-state index in [9.17, 15) is 4.79 Å². The van der Waals surface area contributed by atoms with Gasteiger partial charge in [0.25, 0.3) is 5.91 Å². The molecule has 2 heterocycles. The predicted molar refractivity (Wildman–Crippen MR) is 107 cm³/mol. The molecule has 1 saturated carbocycles. The molecule has 0 unspecified atom stereocenters. The summed E-state index contributed by atoms with van der Waals surface area (Å²) in [7, 11) is 0. The molecule has 1 amide bonds. The molecule has 1 aliphatic heterocycles. The summed E-state index contributed by atoms with van der Waals surface area (Å²) in [4.78, 5) is 25.5. The summed E-state index contributed by atoms with van der Waals surface area (Å²) < 4.78 is 0. The van der Waals surface area contributed by atoms with Crippen LogP contribution in [-0.4, -0.2) is 53.0 Å². The average Bonchev–Trinajstić information content (AvgIpc) is 3.21. The lowest BCUT2D eigenvalue weighted by atomic mass is 10.2. The SMILES string of the molecule is O=C(c1cnc(NC2CCCC2)cn1)N1CCN(c2cccc(Cl)c2)CC1. The van der Waals surface area contributed by atoms with Gasteiger partial charge in [-0.05, 0) is 31.0 Å². The lowest BCUT2D eigenvalue weighted by Crippen LogP contribution is -2.49. The number of hydrogen-bond acceptors (Lipinski definition) is 5. The first-order chi connectivity index (χ1) is 13.2. The van der Waals surface area contributed by atoms with Gasteiger partial charge in [0.15, 0.2) is 0 Å². The molecule has 2 aliphatic rings. The van der Waals surface area contributed by atoms with Gasteiger partial charge in [-0.15, -0.1) is 0 Å². The molecule has 7 heteroatoms. The highest BCUT2D eigenvalue weighted by Gasteiger charge is 2.23. The van der Waals surface area contributed by atoms with E-state index in [0.717, 1.165) is 29.6 Å². The van der Waals surface area contributed by atoms with Gasteiger partial charge in [0.05, 0.1) is 12.4 Å². The van der Waals surface area contributed by atoms with Crippen molar-refractivity contribution in [3.05, 3.63) is 47.4 Å². The van der Waals surface area contributed by atoms with Crippen LogP contribution in [0.25, 0.3) is 0 Å². The molecule has 1 aromatic heterocycles. The molecular formula is C20H24ClN5O. The van der Waals surface area contributed by atoms with Crippen molar-refractivity contribution in [2.45, 2.75) is 31.7 Å². The summed E-state index contributed by atoms with van der Waals surface area (Å²) in [6, 6.07) is 8.31. The lowest BCUT2D eigenvalue weighted by molar-refractivity contribution is 0.0740. The molecular weight excluding hydrogens is 362 g/mol. The average molecular weight is 386 g/mol. The third-order valence-electron chi connectivity index (χ3n) is 5.32. The molecule has 1 aromatic carbocycles. The Balaban J connectivity index is 1.33. The van der Waals surface area contributed by atoms with Crippen molar-refractivity contribution in [3.63, 3.8) is 0 Å². The Morgan fingerprint density at radius 3 is 2.52 bits per heavy atom. The standard InChI is InChI=1S/C20H24ClN5O/c21-15-4-3-7-17(12-15)25-8-10-26(11-9-25)20(27)18-13-23-19(14-22-18)24-16-5-1-2-6-16/h3-4,7,12-14,16H,1-2,5-6,8-11H2,(H,23,24). The number of carbonyl (C=O) groups excluding carboxylic acids is 1. The molecule has 142 valence electrons. The van der Waals surface area contributed by atoms with Gasteiger partial charge < -0.3 is 15.1 Å². The van der Waals surface area contributed by atoms with Crippen molar-refractivity contribution in [1.29, 1.82) is 0 Å². The summed E-state index contributed by atoms with van der Waals surface area (Å²) >= 11 is 6.08. The Kier molecular flexibility index (Phi) is 5.43. The molecule has 0 radical (unpaired) electrons. The van der Waals surface area contributed by atoms with Gasteiger partial charge in [0.2, 0.25) is 0 Å². The monoisotopic (exact) mass is 385 g/mol. The van der Waals surface area contributed by atoms with Gasteiger partial charge in [-0.3, -0.25) is 4.79 Å². The first-order valence-electron chi connectivity index (χ1n) is 9.57. The van der Waals surface area contributed by atoms with E-state index in [2.05, 4.69) is 20.2 Å². The highest BCUT2D eigenvalue weighted by Crippen LogP contribution is 2.22. The largest absolute Gasteiger partial charge is 0.368 e. The highest BCUT2D eigenvalue weighted by molar-refractivity contribution is 6.30. The van der Waals surface area contributed by atoms with Crippen LogP contribution in [0.4, 0.5) is 11.5 Å². The number of piperazine rings is 1. The first-order valence-corrected chi connectivity index (χ1v) is 9.95. The van der Waals surface area contributed by atoms with Gasteiger partial charge in [-0.2, -0.15) is 0 Å². The van der Waals surface area contributed by atoms with Crippen molar-refractivity contribution in [2.75, 3.05) is 36.4 Å². The van der Waals surface area contributed by atoms with Crippen LogP contribution in [0, 0.1) is 0 Å². The fourth-order valence-corrected chi connectivity index (χ4v) is 3.98. The van der Waals surface area contributed by atoms with E-state index in [1.807, 2.05) is 29.2 Å². The zero-order valence-electron chi connectivity index (χ0n) is 15.3. The van der Waals surface area contributed by atoms with Crippen molar-refractivity contribution < 1.29 is 4.79 Å². The number of hydrogen-bond donors (Lipinski definition) is 1. The molecule has 6 nitrogen and oxygen atoms in total. The summed E-state index contributed by atoms with van der Waals surface area (Å²) in [5, 5.41) is 4.13. The maximum atomic E-state index is 12.7. The predicted octanol–water partition coefficient (Wildman–Crippen LogP) is 3.45. The fraction of sp³-hybridized carbons (Fsp3) is 0.450. The number of anilines is 2. The van der Waals surface area contributed by atoms with Gasteiger partial charge >= 0.3 is 0 Å². The van der Waals surface area contributed by atoms with E-state index in [-0.39, 0.29) is 5.91 Å². The molecule has 0 spiro atoms. The number of amides is 1.